The summed E-state index contributed by atoms with van der Waals surface area (Å²) in [6.45, 7) is 10.7. The Kier molecular flexibility index (Phi) is 12.2. The third-order valence-electron chi connectivity index (χ3n) is 4.71. The van der Waals surface area contributed by atoms with Gasteiger partial charge in [-0.25, -0.2) is 0 Å². The largest absolute Gasteiger partial charge is 0.468 e. The fourth-order valence-electron chi connectivity index (χ4n) is 3.19. The minimum absolute atomic E-state index is 0. The molecule has 0 radical (unpaired) electrons. The standard InChI is InChI=1S/C20H35N5O2.HI/c1-4-21-20(23-11-10-22-19(26)16(2)3)24-15-17(18-9-8-14-27-18)25-12-6-5-7-13-25;/h8-9,14,16-17H,4-7,10-13,15H2,1-3H3,(H,22,26)(H2,21,23,24);1H. The minimum Gasteiger partial charge on any atom is -0.468 e. The van der Waals surface area contributed by atoms with Gasteiger partial charge < -0.3 is 20.4 Å². The molecule has 0 saturated carbocycles. The van der Waals surface area contributed by atoms with Gasteiger partial charge in [0, 0.05) is 25.6 Å². The number of carbonyl (C=O) groups excluding carboxylic acids is 1. The average molecular weight is 505 g/mol. The first-order valence-electron chi connectivity index (χ1n) is 10.2. The third kappa shape index (κ3) is 8.38. The van der Waals surface area contributed by atoms with Gasteiger partial charge in [-0.1, -0.05) is 20.3 Å². The van der Waals surface area contributed by atoms with Crippen molar-refractivity contribution in [2.45, 2.75) is 46.1 Å². The third-order valence-corrected chi connectivity index (χ3v) is 4.71. The number of carbonyl (C=O) groups is 1. The molecule has 2 heterocycles. The SMILES string of the molecule is CCNC(=NCC(c1ccco1)N1CCCCC1)NCCNC(=O)C(C)C.I. The number of piperidine rings is 1. The Hall–Kier alpha value is -1.29. The lowest BCUT2D eigenvalue weighted by atomic mass is 10.1. The van der Waals surface area contributed by atoms with E-state index in [0.717, 1.165) is 31.4 Å². The Bertz CT molecular complexity index is 571. The fourth-order valence-corrected chi connectivity index (χ4v) is 3.19. The molecule has 0 aliphatic carbocycles. The Morgan fingerprint density at radius 1 is 1.18 bits per heavy atom. The monoisotopic (exact) mass is 505 g/mol. The van der Waals surface area contributed by atoms with Crippen molar-refractivity contribution >= 4 is 35.8 Å². The first-order valence-corrected chi connectivity index (χ1v) is 10.2. The summed E-state index contributed by atoms with van der Waals surface area (Å²) in [5.74, 6) is 1.82. The van der Waals surface area contributed by atoms with Gasteiger partial charge in [0.05, 0.1) is 18.8 Å². The molecule has 1 atom stereocenters. The smallest absolute Gasteiger partial charge is 0.222 e. The second-order valence-electron chi connectivity index (χ2n) is 7.22. The normalized spacial score (nSPS) is 16.4. The number of nitrogens with one attached hydrogen (secondary N) is 3. The fraction of sp³-hybridized carbons (Fsp3) is 0.700. The highest BCUT2D eigenvalue weighted by Gasteiger charge is 2.24. The van der Waals surface area contributed by atoms with Crippen LogP contribution in [0.1, 0.15) is 51.8 Å². The molecule has 2 rings (SSSR count). The van der Waals surface area contributed by atoms with E-state index in [1.165, 1.54) is 19.3 Å². The summed E-state index contributed by atoms with van der Waals surface area (Å²) in [5, 5.41) is 9.48. The lowest BCUT2D eigenvalue weighted by Gasteiger charge is -2.32. The predicted octanol–water partition coefficient (Wildman–Crippen LogP) is 2.75. The lowest BCUT2D eigenvalue weighted by Crippen LogP contribution is -2.43. The minimum atomic E-state index is 0. The van der Waals surface area contributed by atoms with E-state index in [1.807, 2.05) is 32.9 Å². The zero-order chi connectivity index (χ0) is 19.5. The summed E-state index contributed by atoms with van der Waals surface area (Å²) in [6, 6.07) is 4.14. The molecule has 1 aromatic rings. The molecular formula is C20H36IN5O2. The van der Waals surface area contributed by atoms with Crippen molar-refractivity contribution < 1.29 is 9.21 Å². The van der Waals surface area contributed by atoms with Gasteiger partial charge in [0.2, 0.25) is 5.91 Å². The van der Waals surface area contributed by atoms with Crippen LogP contribution in [0.2, 0.25) is 0 Å². The van der Waals surface area contributed by atoms with Gasteiger partial charge in [-0.15, -0.1) is 24.0 Å². The number of aliphatic imine (C=N–C) groups is 1. The molecule has 1 saturated heterocycles. The average Bonchev–Trinajstić information content (AvgIpc) is 3.20. The van der Waals surface area contributed by atoms with Crippen molar-refractivity contribution in [2.75, 3.05) is 39.3 Å². The molecule has 1 aliphatic heterocycles. The van der Waals surface area contributed by atoms with Crippen molar-refractivity contribution in [1.29, 1.82) is 0 Å². The molecule has 0 spiro atoms. The maximum atomic E-state index is 11.6. The van der Waals surface area contributed by atoms with Gasteiger partial charge in [-0.2, -0.15) is 0 Å². The Morgan fingerprint density at radius 2 is 1.89 bits per heavy atom. The van der Waals surface area contributed by atoms with E-state index in [0.29, 0.717) is 19.6 Å². The van der Waals surface area contributed by atoms with Gasteiger partial charge in [0.1, 0.15) is 5.76 Å². The van der Waals surface area contributed by atoms with Crippen LogP contribution in [0.3, 0.4) is 0 Å². The highest BCUT2D eigenvalue weighted by Crippen LogP contribution is 2.25. The second-order valence-corrected chi connectivity index (χ2v) is 7.22. The van der Waals surface area contributed by atoms with Crippen LogP contribution in [0.15, 0.2) is 27.8 Å². The van der Waals surface area contributed by atoms with E-state index in [-0.39, 0.29) is 41.8 Å². The van der Waals surface area contributed by atoms with E-state index in [2.05, 4.69) is 20.9 Å². The first kappa shape index (κ1) is 24.7. The van der Waals surface area contributed by atoms with E-state index < -0.39 is 0 Å². The number of rotatable bonds is 9. The Labute approximate surface area is 186 Å². The van der Waals surface area contributed by atoms with Gasteiger partial charge in [-0.05, 0) is 45.0 Å². The maximum absolute atomic E-state index is 11.6. The number of nitrogens with zero attached hydrogens (tertiary/aromatic N) is 2. The molecule has 1 fully saturated rings. The molecule has 7 nitrogen and oxygen atoms in total. The highest BCUT2D eigenvalue weighted by atomic mass is 127. The number of halogens is 1. The number of amides is 1. The molecule has 3 N–H and O–H groups in total. The summed E-state index contributed by atoms with van der Waals surface area (Å²) in [6.07, 6.45) is 5.50. The highest BCUT2D eigenvalue weighted by molar-refractivity contribution is 14.0. The maximum Gasteiger partial charge on any atom is 0.222 e. The van der Waals surface area contributed by atoms with Crippen LogP contribution in [-0.4, -0.2) is 56.0 Å². The number of guanidine groups is 1. The summed E-state index contributed by atoms with van der Waals surface area (Å²) >= 11 is 0. The molecule has 0 aromatic carbocycles. The molecule has 1 amide bonds. The van der Waals surface area contributed by atoms with E-state index in [4.69, 9.17) is 9.41 Å². The van der Waals surface area contributed by atoms with Crippen LogP contribution in [0.5, 0.6) is 0 Å². The van der Waals surface area contributed by atoms with Crippen molar-refractivity contribution in [3.8, 4) is 0 Å². The molecule has 8 heteroatoms. The predicted molar refractivity (Wildman–Crippen MR) is 124 cm³/mol. The van der Waals surface area contributed by atoms with Gasteiger partial charge in [0.15, 0.2) is 5.96 Å². The number of likely N-dealkylation sites (tertiary alicyclic amines) is 1. The summed E-state index contributed by atoms with van der Waals surface area (Å²) < 4.78 is 5.69. The second kappa shape index (κ2) is 13.8. The summed E-state index contributed by atoms with van der Waals surface area (Å²) in [7, 11) is 0. The summed E-state index contributed by atoms with van der Waals surface area (Å²) in [5.41, 5.74) is 0. The molecule has 1 unspecified atom stereocenters. The van der Waals surface area contributed by atoms with Crippen LogP contribution < -0.4 is 16.0 Å². The molecule has 28 heavy (non-hydrogen) atoms. The van der Waals surface area contributed by atoms with Crippen molar-refractivity contribution in [2.24, 2.45) is 10.9 Å². The van der Waals surface area contributed by atoms with Crippen molar-refractivity contribution in [1.82, 2.24) is 20.9 Å². The van der Waals surface area contributed by atoms with Crippen molar-refractivity contribution in [3.05, 3.63) is 24.2 Å². The van der Waals surface area contributed by atoms with Crippen LogP contribution in [0, 0.1) is 5.92 Å². The molecule has 160 valence electrons. The Balaban J connectivity index is 0.00000392. The zero-order valence-electron chi connectivity index (χ0n) is 17.4. The van der Waals surface area contributed by atoms with E-state index in [1.54, 1.807) is 6.26 Å². The van der Waals surface area contributed by atoms with E-state index >= 15 is 0 Å². The van der Waals surface area contributed by atoms with Crippen molar-refractivity contribution in [3.63, 3.8) is 0 Å². The molecule has 0 bridgehead atoms. The van der Waals surface area contributed by atoms with Crippen LogP contribution in [-0.2, 0) is 4.79 Å². The molecule has 1 aromatic heterocycles. The van der Waals surface area contributed by atoms with Gasteiger partial charge in [-0.3, -0.25) is 14.7 Å². The van der Waals surface area contributed by atoms with Crippen LogP contribution >= 0.6 is 24.0 Å². The first-order chi connectivity index (χ1) is 13.1. The number of hydrogen-bond donors (Lipinski definition) is 3. The lowest BCUT2D eigenvalue weighted by molar-refractivity contribution is -0.123. The van der Waals surface area contributed by atoms with Crippen LogP contribution in [0.25, 0.3) is 0 Å². The quantitative estimate of drug-likeness (QED) is 0.208. The van der Waals surface area contributed by atoms with Gasteiger partial charge >= 0.3 is 0 Å². The Morgan fingerprint density at radius 3 is 2.50 bits per heavy atom. The number of furan rings is 1. The van der Waals surface area contributed by atoms with E-state index in [9.17, 15) is 4.79 Å². The number of hydrogen-bond acceptors (Lipinski definition) is 4. The molecular weight excluding hydrogens is 469 g/mol. The van der Waals surface area contributed by atoms with Crippen LogP contribution in [0.4, 0.5) is 0 Å². The van der Waals surface area contributed by atoms with Gasteiger partial charge in [0.25, 0.3) is 0 Å². The summed E-state index contributed by atoms with van der Waals surface area (Å²) in [4.78, 5) is 18.9. The topological polar surface area (TPSA) is 81.9 Å². The zero-order valence-corrected chi connectivity index (χ0v) is 19.7. The molecule has 1 aliphatic rings.